The summed E-state index contributed by atoms with van der Waals surface area (Å²) in [6.07, 6.45) is 2.37. The lowest BCUT2D eigenvalue weighted by molar-refractivity contribution is -0.145. The van der Waals surface area contributed by atoms with Crippen LogP contribution in [0.1, 0.15) is 48.7 Å². The lowest BCUT2D eigenvalue weighted by Gasteiger charge is -2.42. The van der Waals surface area contributed by atoms with Crippen LogP contribution in [0.15, 0.2) is 41.1 Å². The summed E-state index contributed by atoms with van der Waals surface area (Å²) >= 11 is 0.662. The number of rotatable bonds is 9. The molecule has 12 nitrogen and oxygen atoms in total. The molecule has 3 aromatic rings. The molecule has 0 bridgehead atoms. The number of thiophene rings is 1. The number of aliphatic carboxylic acids is 1. The molecule has 0 unspecified atom stereocenters. The summed E-state index contributed by atoms with van der Waals surface area (Å²) in [7, 11) is -3.42. The van der Waals surface area contributed by atoms with Gasteiger partial charge in [-0.1, -0.05) is 18.2 Å². The van der Waals surface area contributed by atoms with Gasteiger partial charge in [-0.2, -0.15) is 8.42 Å². The Kier molecular flexibility index (Phi) is 7.80. The van der Waals surface area contributed by atoms with E-state index in [2.05, 4.69) is 4.98 Å². The van der Waals surface area contributed by atoms with Gasteiger partial charge in [0, 0.05) is 18.8 Å². The van der Waals surface area contributed by atoms with Crippen molar-refractivity contribution < 1.29 is 46.1 Å². The quantitative estimate of drug-likeness (QED) is 0.379. The number of hydrogen-bond acceptors (Lipinski definition) is 10. The molecule has 220 valence electrons. The van der Waals surface area contributed by atoms with Crippen LogP contribution in [0.2, 0.25) is 0 Å². The van der Waals surface area contributed by atoms with E-state index in [1.807, 2.05) is 0 Å². The molecule has 1 amide bonds. The Morgan fingerprint density at radius 1 is 1.29 bits per heavy atom. The minimum absolute atomic E-state index is 0.157. The zero-order valence-electron chi connectivity index (χ0n) is 22.4. The third kappa shape index (κ3) is 5.07. The highest BCUT2D eigenvalue weighted by Crippen LogP contribution is 2.48. The normalized spacial score (nSPS) is 18.3. The minimum atomic E-state index is -4.88. The van der Waals surface area contributed by atoms with Gasteiger partial charge < -0.3 is 23.7 Å². The molecule has 0 spiro atoms. The van der Waals surface area contributed by atoms with Crippen molar-refractivity contribution in [2.75, 3.05) is 31.2 Å². The molecule has 15 heteroatoms. The Morgan fingerprint density at radius 3 is 2.63 bits per heavy atom. The maximum absolute atomic E-state index is 15.9. The first-order chi connectivity index (χ1) is 19.5. The zero-order valence-corrected chi connectivity index (χ0v) is 24.0. The van der Waals surface area contributed by atoms with Gasteiger partial charge in [0.05, 0.1) is 26.0 Å². The number of nitrogens with zero attached hydrogens (tertiary/aromatic N) is 3. The van der Waals surface area contributed by atoms with Gasteiger partial charge in [-0.15, -0.1) is 11.3 Å². The van der Waals surface area contributed by atoms with Gasteiger partial charge in [0.15, 0.2) is 11.4 Å². The third-order valence-electron chi connectivity index (χ3n) is 6.97. The summed E-state index contributed by atoms with van der Waals surface area (Å²) in [5, 5.41) is 9.66. The molecule has 1 atom stereocenters. The second-order valence-electron chi connectivity index (χ2n) is 9.91. The molecule has 2 aliphatic heterocycles. The molecule has 0 aliphatic carbocycles. The van der Waals surface area contributed by atoms with Gasteiger partial charge >= 0.3 is 16.2 Å². The van der Waals surface area contributed by atoms with Gasteiger partial charge in [-0.05, 0) is 32.8 Å². The minimum Gasteiger partial charge on any atom is -0.496 e. The maximum Gasteiger partial charge on any atom is 0.330 e. The van der Waals surface area contributed by atoms with Crippen LogP contribution in [0.3, 0.4) is 0 Å². The third-order valence-corrected chi connectivity index (χ3v) is 10.2. The number of halogens is 1. The topological polar surface area (TPSA) is 149 Å². The molecule has 1 N–H and O–H groups in total. The lowest BCUT2D eigenvalue weighted by atomic mass is 10.0. The Labute approximate surface area is 239 Å². The fourth-order valence-electron chi connectivity index (χ4n) is 4.79. The maximum atomic E-state index is 15.9. The molecule has 41 heavy (non-hydrogen) atoms. The second kappa shape index (κ2) is 11.0. The van der Waals surface area contributed by atoms with Crippen LogP contribution in [0.5, 0.6) is 5.75 Å². The molecule has 2 aliphatic rings. The Morgan fingerprint density at radius 2 is 2.00 bits per heavy atom. The monoisotopic (exact) mass is 609 g/mol. The number of ether oxygens (including phenoxy) is 3. The Bertz CT molecular complexity index is 1550. The van der Waals surface area contributed by atoms with Gasteiger partial charge in [0.2, 0.25) is 5.89 Å². The van der Waals surface area contributed by atoms with Gasteiger partial charge in [-0.25, -0.2) is 22.8 Å². The van der Waals surface area contributed by atoms with E-state index >= 15 is 4.39 Å². The smallest absolute Gasteiger partial charge is 0.330 e. The van der Waals surface area contributed by atoms with E-state index in [1.54, 1.807) is 24.3 Å². The summed E-state index contributed by atoms with van der Waals surface area (Å²) < 4.78 is 67.9. The largest absolute Gasteiger partial charge is 0.496 e. The molecule has 1 aromatic carbocycles. The summed E-state index contributed by atoms with van der Waals surface area (Å²) in [5.41, 5.74) is -2.34. The molecule has 0 radical (unpaired) electrons. The van der Waals surface area contributed by atoms with Crippen LogP contribution in [0.4, 0.5) is 9.39 Å². The number of anilines is 1. The van der Waals surface area contributed by atoms with Crippen molar-refractivity contribution in [2.45, 2.75) is 44.4 Å². The van der Waals surface area contributed by atoms with E-state index in [0.717, 1.165) is 18.2 Å². The van der Waals surface area contributed by atoms with Crippen molar-refractivity contribution >= 4 is 38.4 Å². The average molecular weight is 610 g/mol. The predicted octanol–water partition coefficient (Wildman–Crippen LogP) is 3.86. The van der Waals surface area contributed by atoms with Crippen molar-refractivity contribution in [1.82, 2.24) is 9.29 Å². The van der Waals surface area contributed by atoms with Crippen LogP contribution in [0.25, 0.3) is 10.8 Å². The number of methoxy groups -OCH3 is 1. The van der Waals surface area contributed by atoms with Crippen molar-refractivity contribution in [3.05, 3.63) is 53.7 Å². The molecule has 1 saturated heterocycles. The standard InChI is InChI=1S/C26H28FN3O9S2/c1-26(2,25(32)33)30-23(31)19-20(27)21(22-28-10-13-38-22)40-24(19)29(41(30,34)35)14-18(39-15-8-11-37-12-9-15)16-6-4-5-7-17(16)36-3/h4-7,10,13,15,18H,8-9,11-12,14H2,1-3H3,(H,32,33)/t18-/m0/s1. The number of aromatic nitrogens is 1. The highest BCUT2D eigenvalue weighted by Gasteiger charge is 2.55. The number of benzene rings is 1. The van der Waals surface area contributed by atoms with E-state index in [4.69, 9.17) is 18.6 Å². The fourth-order valence-corrected chi connectivity index (χ4v) is 7.99. The number of carbonyl (C=O) groups excluding carboxylic acids is 1. The predicted molar refractivity (Wildman–Crippen MR) is 145 cm³/mol. The van der Waals surface area contributed by atoms with Gasteiger partial charge in [-0.3, -0.25) is 4.79 Å². The SMILES string of the molecule is COc1ccccc1[C@H](CN1c2sc(-c3ncco3)c(F)c2C(=O)N(C(C)(C)C(=O)O)S1(=O)=O)OC1CCOCC1. The van der Waals surface area contributed by atoms with E-state index in [-0.39, 0.29) is 26.2 Å². The summed E-state index contributed by atoms with van der Waals surface area (Å²) in [4.78, 5) is 29.5. The van der Waals surface area contributed by atoms with Crippen molar-refractivity contribution in [3.8, 4) is 16.5 Å². The molecule has 5 rings (SSSR count). The van der Waals surface area contributed by atoms with E-state index in [9.17, 15) is 23.1 Å². The first-order valence-corrected chi connectivity index (χ1v) is 14.9. The molecule has 0 saturated carbocycles. The highest BCUT2D eigenvalue weighted by molar-refractivity contribution is 7.91. The van der Waals surface area contributed by atoms with E-state index < -0.39 is 51.7 Å². The van der Waals surface area contributed by atoms with Crippen LogP contribution in [0, 0.1) is 5.82 Å². The van der Waals surface area contributed by atoms with Crippen LogP contribution >= 0.6 is 11.3 Å². The Hall–Kier alpha value is -3.53. The number of oxazole rings is 1. The first-order valence-electron chi connectivity index (χ1n) is 12.7. The lowest BCUT2D eigenvalue weighted by Crippen LogP contribution is -2.62. The number of hydrogen-bond donors (Lipinski definition) is 1. The molecule has 1 fully saturated rings. The fraction of sp³-hybridized carbons (Fsp3) is 0.423. The number of amides is 1. The number of para-hydroxylation sites is 1. The van der Waals surface area contributed by atoms with Crippen LogP contribution < -0.4 is 9.04 Å². The average Bonchev–Trinajstić information content (AvgIpc) is 3.58. The first kappa shape index (κ1) is 29.0. The number of carboxylic acid groups (broad SMARTS) is 1. The second-order valence-corrected chi connectivity index (χ2v) is 12.6. The van der Waals surface area contributed by atoms with Crippen LogP contribution in [-0.2, 0) is 24.5 Å². The highest BCUT2D eigenvalue weighted by atomic mass is 32.2. The van der Waals surface area contributed by atoms with Gasteiger partial charge in [0.1, 0.15) is 33.6 Å². The Balaban J connectivity index is 1.68. The molecule has 2 aromatic heterocycles. The molecular weight excluding hydrogens is 581 g/mol. The van der Waals surface area contributed by atoms with E-state index in [1.165, 1.54) is 19.6 Å². The number of carboxylic acids is 1. The van der Waals surface area contributed by atoms with Crippen molar-refractivity contribution in [2.24, 2.45) is 0 Å². The summed E-state index contributed by atoms with van der Waals surface area (Å²) in [6, 6.07) is 6.90. The van der Waals surface area contributed by atoms with Crippen molar-refractivity contribution in [3.63, 3.8) is 0 Å². The summed E-state index contributed by atoms with van der Waals surface area (Å²) in [5.74, 6) is -3.70. The molecule has 4 heterocycles. The number of fused-ring (bicyclic) bond motifs is 1. The van der Waals surface area contributed by atoms with E-state index in [0.29, 0.717) is 48.7 Å². The zero-order chi connectivity index (χ0) is 29.5. The molecular formula is C26H28FN3O9S2. The van der Waals surface area contributed by atoms with Crippen molar-refractivity contribution in [1.29, 1.82) is 0 Å². The van der Waals surface area contributed by atoms with Crippen LogP contribution in [-0.4, -0.2) is 73.2 Å². The number of carbonyl (C=O) groups is 2. The van der Waals surface area contributed by atoms with Gasteiger partial charge in [0.25, 0.3) is 5.91 Å². The summed E-state index contributed by atoms with van der Waals surface area (Å²) in [6.45, 7) is 2.62.